The second-order valence-corrected chi connectivity index (χ2v) is 4.99. The molecule has 0 bridgehead atoms. The maximum absolute atomic E-state index is 2.41. The van der Waals surface area contributed by atoms with Gasteiger partial charge < -0.3 is 0 Å². The first kappa shape index (κ1) is 11.1. The molecular weight excluding hydrogens is 156 g/mol. The van der Waals surface area contributed by atoms with Crippen LogP contribution in [0.4, 0.5) is 0 Å². The maximum Gasteiger partial charge on any atom is -0.0383 e. The van der Waals surface area contributed by atoms with Gasteiger partial charge in [0.1, 0.15) is 0 Å². The molecule has 1 fully saturated rings. The Hall–Kier alpha value is 0. The van der Waals surface area contributed by atoms with Gasteiger partial charge in [-0.3, -0.25) is 0 Å². The smallest absolute Gasteiger partial charge is 0.0383 e. The van der Waals surface area contributed by atoms with Crippen LogP contribution < -0.4 is 0 Å². The Morgan fingerprint density at radius 1 is 1.15 bits per heavy atom. The van der Waals surface area contributed by atoms with Crippen LogP contribution in [0.25, 0.3) is 0 Å². The molecule has 3 unspecified atom stereocenters. The number of hydrogen-bond acceptors (Lipinski definition) is 0. The third-order valence-corrected chi connectivity index (χ3v) is 3.65. The van der Waals surface area contributed by atoms with Gasteiger partial charge in [0.05, 0.1) is 0 Å². The van der Waals surface area contributed by atoms with Crippen LogP contribution in [0, 0.1) is 17.8 Å². The van der Waals surface area contributed by atoms with E-state index in [0.29, 0.717) is 0 Å². The average molecular weight is 182 g/mol. The van der Waals surface area contributed by atoms with E-state index in [1.807, 2.05) is 0 Å². The van der Waals surface area contributed by atoms with Crippen molar-refractivity contribution in [1.29, 1.82) is 0 Å². The predicted octanol–water partition coefficient (Wildman–Crippen LogP) is 4.64. The summed E-state index contributed by atoms with van der Waals surface area (Å²) < 4.78 is 0. The Morgan fingerprint density at radius 2 is 1.92 bits per heavy atom. The minimum Gasteiger partial charge on any atom is -0.0654 e. The first-order valence-corrected chi connectivity index (χ1v) is 6.27. The number of rotatable bonds is 7. The molecule has 3 atom stereocenters. The molecule has 0 spiro atoms. The third kappa shape index (κ3) is 4.15. The summed E-state index contributed by atoms with van der Waals surface area (Å²) in [6, 6.07) is 0. The van der Waals surface area contributed by atoms with Crippen LogP contribution in [0.2, 0.25) is 0 Å². The molecule has 13 heavy (non-hydrogen) atoms. The maximum atomic E-state index is 2.41. The largest absolute Gasteiger partial charge is 0.0654 e. The van der Waals surface area contributed by atoms with Gasteiger partial charge in [0.2, 0.25) is 0 Å². The lowest BCUT2D eigenvalue weighted by Crippen LogP contribution is -1.94. The first-order chi connectivity index (χ1) is 6.27. The first-order valence-electron chi connectivity index (χ1n) is 6.27. The van der Waals surface area contributed by atoms with E-state index in [9.17, 15) is 0 Å². The normalized spacial score (nSPS) is 28.8. The molecule has 1 saturated carbocycles. The second-order valence-electron chi connectivity index (χ2n) is 4.99. The summed E-state index contributed by atoms with van der Waals surface area (Å²) in [5.74, 6) is 3.21. The van der Waals surface area contributed by atoms with Crippen molar-refractivity contribution < 1.29 is 0 Å². The van der Waals surface area contributed by atoms with Gasteiger partial charge in [-0.05, 0) is 24.2 Å². The molecule has 0 aromatic heterocycles. The zero-order valence-electron chi connectivity index (χ0n) is 9.68. The van der Waals surface area contributed by atoms with E-state index in [2.05, 4.69) is 20.8 Å². The van der Waals surface area contributed by atoms with Gasteiger partial charge in [-0.1, -0.05) is 59.3 Å². The van der Waals surface area contributed by atoms with Crippen LogP contribution >= 0.6 is 0 Å². The van der Waals surface area contributed by atoms with Crippen LogP contribution in [0.1, 0.15) is 65.7 Å². The summed E-state index contributed by atoms with van der Waals surface area (Å²) in [6.07, 6.45) is 10.2. The minimum atomic E-state index is 0.976. The van der Waals surface area contributed by atoms with Crippen LogP contribution in [-0.4, -0.2) is 0 Å². The molecule has 0 radical (unpaired) electrons. The standard InChI is InChI=1S/C13H26/c1-4-7-11(3)8-6-9-13-10-12(13)5-2/h11-13H,4-10H2,1-3H3. The molecule has 0 aromatic carbocycles. The van der Waals surface area contributed by atoms with E-state index in [1.54, 1.807) is 6.42 Å². The summed E-state index contributed by atoms with van der Waals surface area (Å²) in [6.45, 7) is 7.04. The highest BCUT2D eigenvalue weighted by molar-refractivity contribution is 4.84. The zero-order valence-corrected chi connectivity index (χ0v) is 9.68. The van der Waals surface area contributed by atoms with E-state index in [0.717, 1.165) is 17.8 Å². The molecule has 0 aliphatic heterocycles. The van der Waals surface area contributed by atoms with Crippen molar-refractivity contribution >= 4 is 0 Å². The molecular formula is C13H26. The van der Waals surface area contributed by atoms with Gasteiger partial charge in [0.15, 0.2) is 0 Å². The van der Waals surface area contributed by atoms with Gasteiger partial charge in [0, 0.05) is 0 Å². The second kappa shape index (κ2) is 5.67. The lowest BCUT2D eigenvalue weighted by Gasteiger charge is -2.08. The summed E-state index contributed by atoms with van der Waals surface area (Å²) in [7, 11) is 0. The average Bonchev–Trinajstić information content (AvgIpc) is 2.84. The Kier molecular flexibility index (Phi) is 4.83. The van der Waals surface area contributed by atoms with Crippen molar-refractivity contribution in [3.63, 3.8) is 0 Å². The van der Waals surface area contributed by atoms with Gasteiger partial charge in [-0.15, -0.1) is 0 Å². The Bertz CT molecular complexity index is 126. The van der Waals surface area contributed by atoms with Crippen molar-refractivity contribution in [3.8, 4) is 0 Å². The van der Waals surface area contributed by atoms with Gasteiger partial charge in [-0.2, -0.15) is 0 Å². The monoisotopic (exact) mass is 182 g/mol. The quantitative estimate of drug-likeness (QED) is 0.538. The fourth-order valence-electron chi connectivity index (χ4n) is 2.53. The van der Waals surface area contributed by atoms with E-state index in [-0.39, 0.29) is 0 Å². The van der Waals surface area contributed by atoms with Crippen LogP contribution in [0.5, 0.6) is 0 Å². The molecule has 0 nitrogen and oxygen atoms in total. The Labute approximate surface area is 84.1 Å². The van der Waals surface area contributed by atoms with Gasteiger partial charge >= 0.3 is 0 Å². The summed E-state index contributed by atoms with van der Waals surface area (Å²) in [4.78, 5) is 0. The van der Waals surface area contributed by atoms with Crippen LogP contribution in [0.3, 0.4) is 0 Å². The Morgan fingerprint density at radius 3 is 2.46 bits per heavy atom. The molecule has 78 valence electrons. The fourth-order valence-corrected chi connectivity index (χ4v) is 2.53. The van der Waals surface area contributed by atoms with Crippen molar-refractivity contribution in [2.45, 2.75) is 65.7 Å². The summed E-state index contributed by atoms with van der Waals surface area (Å²) in [5, 5.41) is 0. The van der Waals surface area contributed by atoms with Crippen molar-refractivity contribution in [2.24, 2.45) is 17.8 Å². The third-order valence-electron chi connectivity index (χ3n) is 3.65. The molecule has 1 rings (SSSR count). The Balaban J connectivity index is 1.90. The highest BCUT2D eigenvalue weighted by Gasteiger charge is 2.33. The highest BCUT2D eigenvalue weighted by Crippen LogP contribution is 2.44. The van der Waals surface area contributed by atoms with Crippen molar-refractivity contribution in [1.82, 2.24) is 0 Å². The molecule has 1 aliphatic carbocycles. The lowest BCUT2D eigenvalue weighted by atomic mass is 9.98. The van der Waals surface area contributed by atoms with Gasteiger partial charge in [-0.25, -0.2) is 0 Å². The van der Waals surface area contributed by atoms with E-state index in [4.69, 9.17) is 0 Å². The lowest BCUT2D eigenvalue weighted by molar-refractivity contribution is 0.446. The number of hydrogen-bond donors (Lipinski definition) is 0. The summed E-state index contributed by atoms with van der Waals surface area (Å²) in [5.41, 5.74) is 0. The summed E-state index contributed by atoms with van der Waals surface area (Å²) >= 11 is 0. The van der Waals surface area contributed by atoms with E-state index < -0.39 is 0 Å². The van der Waals surface area contributed by atoms with E-state index in [1.165, 1.54) is 38.5 Å². The van der Waals surface area contributed by atoms with Crippen molar-refractivity contribution in [2.75, 3.05) is 0 Å². The molecule has 0 aromatic rings. The zero-order chi connectivity index (χ0) is 9.68. The molecule has 0 amide bonds. The predicted molar refractivity (Wildman–Crippen MR) is 59.8 cm³/mol. The minimum absolute atomic E-state index is 0.976. The van der Waals surface area contributed by atoms with Crippen molar-refractivity contribution in [3.05, 3.63) is 0 Å². The molecule has 0 heteroatoms. The van der Waals surface area contributed by atoms with Crippen LogP contribution in [-0.2, 0) is 0 Å². The molecule has 0 saturated heterocycles. The van der Waals surface area contributed by atoms with Crippen LogP contribution in [0.15, 0.2) is 0 Å². The molecule has 0 N–H and O–H groups in total. The molecule has 1 aliphatic rings. The highest BCUT2D eigenvalue weighted by atomic mass is 14.4. The van der Waals surface area contributed by atoms with Gasteiger partial charge in [0.25, 0.3) is 0 Å². The fraction of sp³-hybridized carbons (Fsp3) is 1.00. The topological polar surface area (TPSA) is 0 Å². The molecule has 0 heterocycles. The van der Waals surface area contributed by atoms with E-state index >= 15 is 0 Å². The SMILES string of the molecule is CCCC(C)CCCC1CC1CC.